The molecule has 2 aromatic heterocycles. The molecule has 5 nitrogen and oxygen atoms in total. The van der Waals surface area contributed by atoms with E-state index in [4.69, 9.17) is 4.42 Å². The third-order valence-corrected chi connectivity index (χ3v) is 3.93. The standard InChI is InChI=1S/C16H18F3N3O2S/c1-10(2)20-14(23)6-4-8-25-15-21-11(12-5-3-7-24-12)9-13(22-15)16(17,18)19/h3,5,7,9-10H,4,6,8H2,1-2H3,(H,20,23). The lowest BCUT2D eigenvalue weighted by molar-refractivity contribution is -0.141. The quantitative estimate of drug-likeness (QED) is 0.449. The molecule has 0 saturated carbocycles. The van der Waals surface area contributed by atoms with Crippen LogP contribution in [0.5, 0.6) is 0 Å². The first-order valence-electron chi connectivity index (χ1n) is 7.68. The molecule has 0 aliphatic heterocycles. The van der Waals surface area contributed by atoms with Gasteiger partial charge in [-0.2, -0.15) is 13.2 Å². The number of aromatic nitrogens is 2. The number of thioether (sulfide) groups is 1. The summed E-state index contributed by atoms with van der Waals surface area (Å²) in [5.41, 5.74) is -0.943. The maximum atomic E-state index is 13.0. The van der Waals surface area contributed by atoms with E-state index in [0.717, 1.165) is 17.8 Å². The van der Waals surface area contributed by atoms with Crippen LogP contribution in [0.3, 0.4) is 0 Å². The first kappa shape index (κ1) is 19.3. The number of nitrogens with zero attached hydrogens (tertiary/aromatic N) is 2. The molecule has 1 N–H and O–H groups in total. The Bertz CT molecular complexity index is 703. The number of nitrogens with one attached hydrogen (secondary N) is 1. The summed E-state index contributed by atoms with van der Waals surface area (Å²) in [4.78, 5) is 19.2. The van der Waals surface area contributed by atoms with Crippen LogP contribution in [0.4, 0.5) is 13.2 Å². The van der Waals surface area contributed by atoms with Crippen LogP contribution >= 0.6 is 11.8 Å². The number of rotatable bonds is 7. The summed E-state index contributed by atoms with van der Waals surface area (Å²) < 4.78 is 44.2. The predicted octanol–water partition coefficient (Wildman–Crippen LogP) is 4.15. The molecule has 0 aromatic carbocycles. The minimum atomic E-state index is -4.57. The van der Waals surface area contributed by atoms with Crippen molar-refractivity contribution in [3.63, 3.8) is 0 Å². The van der Waals surface area contributed by atoms with Gasteiger partial charge in [0.25, 0.3) is 0 Å². The highest BCUT2D eigenvalue weighted by molar-refractivity contribution is 7.99. The van der Waals surface area contributed by atoms with E-state index < -0.39 is 11.9 Å². The lowest BCUT2D eigenvalue weighted by Crippen LogP contribution is -2.29. The molecule has 0 radical (unpaired) electrons. The number of carbonyl (C=O) groups is 1. The van der Waals surface area contributed by atoms with E-state index in [0.29, 0.717) is 18.6 Å². The van der Waals surface area contributed by atoms with Gasteiger partial charge in [0, 0.05) is 18.2 Å². The van der Waals surface area contributed by atoms with Gasteiger partial charge in [-0.05, 0) is 38.5 Å². The SMILES string of the molecule is CC(C)NC(=O)CCCSc1nc(-c2ccco2)cc(C(F)(F)F)n1. The summed E-state index contributed by atoms with van der Waals surface area (Å²) in [6.07, 6.45) is -2.39. The Hall–Kier alpha value is -2.03. The number of carbonyl (C=O) groups excluding carboxylic acids is 1. The maximum absolute atomic E-state index is 13.0. The average Bonchev–Trinajstić information content (AvgIpc) is 3.04. The van der Waals surface area contributed by atoms with Crippen molar-refractivity contribution in [2.45, 2.75) is 44.1 Å². The molecule has 0 aliphatic carbocycles. The minimum absolute atomic E-state index is 0.00509. The molecular formula is C16H18F3N3O2S. The summed E-state index contributed by atoms with van der Waals surface area (Å²) >= 11 is 1.08. The van der Waals surface area contributed by atoms with Gasteiger partial charge in [-0.1, -0.05) is 11.8 Å². The van der Waals surface area contributed by atoms with E-state index in [1.165, 1.54) is 12.3 Å². The van der Waals surface area contributed by atoms with Gasteiger partial charge in [0.1, 0.15) is 11.4 Å². The highest BCUT2D eigenvalue weighted by Gasteiger charge is 2.34. The van der Waals surface area contributed by atoms with Crippen LogP contribution in [0.25, 0.3) is 11.5 Å². The zero-order valence-corrected chi connectivity index (χ0v) is 14.6. The van der Waals surface area contributed by atoms with Crippen LogP contribution in [-0.4, -0.2) is 27.7 Å². The number of hydrogen-bond donors (Lipinski definition) is 1. The molecule has 0 atom stereocenters. The van der Waals surface area contributed by atoms with E-state index in [-0.39, 0.29) is 28.6 Å². The third-order valence-electron chi connectivity index (χ3n) is 3.00. The smallest absolute Gasteiger partial charge is 0.433 e. The Kier molecular flexibility index (Phi) is 6.46. The van der Waals surface area contributed by atoms with Gasteiger partial charge in [-0.25, -0.2) is 9.97 Å². The zero-order chi connectivity index (χ0) is 18.4. The Labute approximate surface area is 147 Å². The van der Waals surface area contributed by atoms with Gasteiger partial charge >= 0.3 is 6.18 Å². The summed E-state index contributed by atoms with van der Waals surface area (Å²) in [5, 5.41) is 2.76. The molecule has 2 rings (SSSR count). The number of alkyl halides is 3. The molecule has 2 heterocycles. The normalized spacial score (nSPS) is 11.8. The van der Waals surface area contributed by atoms with Crippen molar-refractivity contribution < 1.29 is 22.4 Å². The van der Waals surface area contributed by atoms with Crippen molar-refractivity contribution in [2.75, 3.05) is 5.75 Å². The summed E-state index contributed by atoms with van der Waals surface area (Å²) in [6, 6.07) is 4.03. The molecular weight excluding hydrogens is 355 g/mol. The number of halogens is 3. The molecule has 0 bridgehead atoms. The van der Waals surface area contributed by atoms with E-state index in [2.05, 4.69) is 15.3 Å². The van der Waals surface area contributed by atoms with Crippen molar-refractivity contribution in [2.24, 2.45) is 0 Å². The fourth-order valence-corrected chi connectivity index (χ4v) is 2.77. The second kappa shape index (κ2) is 8.37. The predicted molar refractivity (Wildman–Crippen MR) is 88.0 cm³/mol. The van der Waals surface area contributed by atoms with Gasteiger partial charge in [0.15, 0.2) is 10.9 Å². The Morgan fingerprint density at radius 1 is 1.36 bits per heavy atom. The van der Waals surface area contributed by atoms with Crippen molar-refractivity contribution >= 4 is 17.7 Å². The minimum Gasteiger partial charge on any atom is -0.463 e. The molecule has 25 heavy (non-hydrogen) atoms. The largest absolute Gasteiger partial charge is 0.463 e. The fraction of sp³-hybridized carbons (Fsp3) is 0.438. The summed E-state index contributed by atoms with van der Waals surface area (Å²) in [6.45, 7) is 3.72. The Balaban J connectivity index is 2.04. The molecule has 0 spiro atoms. The van der Waals surface area contributed by atoms with Gasteiger partial charge in [0.2, 0.25) is 5.91 Å². The topological polar surface area (TPSA) is 68.0 Å². The van der Waals surface area contributed by atoms with Crippen LogP contribution in [-0.2, 0) is 11.0 Å². The number of furan rings is 1. The van der Waals surface area contributed by atoms with Gasteiger partial charge in [-0.3, -0.25) is 4.79 Å². The van der Waals surface area contributed by atoms with Crippen molar-refractivity contribution in [1.29, 1.82) is 0 Å². The van der Waals surface area contributed by atoms with Crippen LogP contribution < -0.4 is 5.32 Å². The zero-order valence-electron chi connectivity index (χ0n) is 13.8. The van der Waals surface area contributed by atoms with Crippen LogP contribution in [0.15, 0.2) is 34.0 Å². The van der Waals surface area contributed by atoms with Gasteiger partial charge < -0.3 is 9.73 Å². The van der Waals surface area contributed by atoms with Crippen LogP contribution in [0, 0.1) is 0 Å². The van der Waals surface area contributed by atoms with E-state index in [1.54, 1.807) is 6.07 Å². The monoisotopic (exact) mass is 373 g/mol. The average molecular weight is 373 g/mol. The highest BCUT2D eigenvalue weighted by atomic mass is 32.2. The lowest BCUT2D eigenvalue weighted by atomic mass is 10.2. The molecule has 0 fully saturated rings. The number of amides is 1. The second-order valence-electron chi connectivity index (χ2n) is 5.57. The number of hydrogen-bond acceptors (Lipinski definition) is 5. The van der Waals surface area contributed by atoms with E-state index >= 15 is 0 Å². The summed E-state index contributed by atoms with van der Waals surface area (Å²) in [5.74, 6) is 0.590. The first-order chi connectivity index (χ1) is 11.8. The van der Waals surface area contributed by atoms with Crippen LogP contribution in [0.1, 0.15) is 32.4 Å². The molecule has 0 saturated heterocycles. The Morgan fingerprint density at radius 2 is 2.12 bits per heavy atom. The fourth-order valence-electron chi connectivity index (χ4n) is 1.98. The molecule has 136 valence electrons. The van der Waals surface area contributed by atoms with Crippen LogP contribution in [0.2, 0.25) is 0 Å². The maximum Gasteiger partial charge on any atom is 0.433 e. The van der Waals surface area contributed by atoms with Crippen molar-refractivity contribution in [3.8, 4) is 11.5 Å². The first-order valence-corrected chi connectivity index (χ1v) is 8.66. The van der Waals surface area contributed by atoms with Gasteiger partial charge in [0.05, 0.1) is 6.26 Å². The molecule has 0 unspecified atom stereocenters. The molecule has 1 amide bonds. The molecule has 9 heteroatoms. The van der Waals surface area contributed by atoms with E-state index in [1.807, 2.05) is 13.8 Å². The van der Waals surface area contributed by atoms with Crippen molar-refractivity contribution in [3.05, 3.63) is 30.2 Å². The third kappa shape index (κ3) is 6.08. The van der Waals surface area contributed by atoms with E-state index in [9.17, 15) is 18.0 Å². The molecule has 0 aliphatic rings. The molecule has 2 aromatic rings. The Morgan fingerprint density at radius 3 is 2.72 bits per heavy atom. The lowest BCUT2D eigenvalue weighted by Gasteiger charge is -2.10. The summed E-state index contributed by atoms with van der Waals surface area (Å²) in [7, 11) is 0. The second-order valence-corrected chi connectivity index (χ2v) is 6.63. The highest BCUT2D eigenvalue weighted by Crippen LogP contribution is 2.32. The van der Waals surface area contributed by atoms with Crippen molar-refractivity contribution in [1.82, 2.24) is 15.3 Å². The van der Waals surface area contributed by atoms with Gasteiger partial charge in [-0.15, -0.1) is 0 Å².